The van der Waals surface area contributed by atoms with Crippen molar-refractivity contribution < 1.29 is 16.8 Å². The fourth-order valence-electron chi connectivity index (χ4n) is 4.35. The molecule has 2 heterocycles. The maximum atomic E-state index is 12.8. The largest absolute Gasteiger partial charge is 0.245 e. The maximum Gasteiger partial charge on any atom is 0.240 e. The number of nitrogens with zero attached hydrogens (tertiary/aromatic N) is 2. The van der Waals surface area contributed by atoms with Gasteiger partial charge in [-0.3, -0.25) is 0 Å². The van der Waals surface area contributed by atoms with Gasteiger partial charge in [0.05, 0.1) is 41.2 Å². The molecule has 0 aliphatic heterocycles. The fourth-order valence-corrected chi connectivity index (χ4v) is 7.87. The van der Waals surface area contributed by atoms with E-state index in [0.29, 0.717) is 6.42 Å². The molecule has 0 radical (unpaired) electrons. The summed E-state index contributed by atoms with van der Waals surface area (Å²) < 4.78 is 58.6. The summed E-state index contributed by atoms with van der Waals surface area (Å²) in [5, 5.41) is 0. The molecule has 2 aromatic heterocycles. The number of fused-ring (bicyclic) bond motifs is 2. The first-order valence-corrected chi connectivity index (χ1v) is 17.3. The highest BCUT2D eigenvalue weighted by Gasteiger charge is 2.16. The quantitative estimate of drug-likeness (QED) is 0.210. The van der Waals surface area contributed by atoms with E-state index in [1.165, 1.54) is 22.7 Å². The van der Waals surface area contributed by atoms with Gasteiger partial charge in [-0.1, -0.05) is 36.4 Å². The Morgan fingerprint density at radius 2 is 0.927 bits per heavy atom. The molecule has 0 bridgehead atoms. The third-order valence-electron chi connectivity index (χ3n) is 6.60. The first-order valence-electron chi connectivity index (χ1n) is 12.6. The van der Waals surface area contributed by atoms with E-state index < -0.39 is 20.0 Å². The molecule has 0 aliphatic carbocycles. The zero-order chi connectivity index (χ0) is 28.5. The smallest absolute Gasteiger partial charge is 0.240 e. The Bertz CT molecular complexity index is 1900. The molecule has 0 saturated heterocycles. The summed E-state index contributed by atoms with van der Waals surface area (Å²) in [5.74, 6) is 0. The molecule has 0 unspecified atom stereocenters. The Kier molecular flexibility index (Phi) is 7.68. The highest BCUT2D eigenvalue weighted by atomic mass is 32.2. The normalized spacial score (nSPS) is 12.3. The number of rotatable bonds is 10. The minimum atomic E-state index is -3.68. The van der Waals surface area contributed by atoms with Crippen LogP contribution in [0, 0.1) is 0 Å². The van der Waals surface area contributed by atoms with Gasteiger partial charge >= 0.3 is 0 Å². The van der Waals surface area contributed by atoms with Crippen LogP contribution in [0.4, 0.5) is 0 Å². The number of nitrogens with one attached hydrogen (secondary N) is 2. The fraction of sp³-hybridized carbons (Fsp3) is 0.103. The van der Waals surface area contributed by atoms with Crippen LogP contribution in [-0.4, -0.2) is 26.8 Å². The summed E-state index contributed by atoms with van der Waals surface area (Å²) in [4.78, 5) is 8.85. The SMILES string of the molecule is O=S(=O)(NCc1ccc2ncsc2c1)c1ccc(Cc2ccc(S(=O)(=O)NCc3ccc4ncsc4c3)cc2)cc1. The van der Waals surface area contributed by atoms with E-state index in [-0.39, 0.29) is 22.9 Å². The summed E-state index contributed by atoms with van der Waals surface area (Å²) >= 11 is 3.03. The van der Waals surface area contributed by atoms with Gasteiger partial charge in [0, 0.05) is 13.1 Å². The van der Waals surface area contributed by atoms with Crippen LogP contribution in [-0.2, 0) is 39.6 Å². The van der Waals surface area contributed by atoms with Crippen LogP contribution >= 0.6 is 22.7 Å². The van der Waals surface area contributed by atoms with Gasteiger partial charge in [-0.2, -0.15) is 0 Å². The van der Waals surface area contributed by atoms with E-state index >= 15 is 0 Å². The van der Waals surface area contributed by atoms with Crippen LogP contribution in [0.1, 0.15) is 22.3 Å². The predicted octanol–water partition coefficient (Wildman–Crippen LogP) is 5.45. The summed E-state index contributed by atoms with van der Waals surface area (Å²) in [6.45, 7) is 0.368. The van der Waals surface area contributed by atoms with Crippen molar-refractivity contribution in [1.29, 1.82) is 0 Å². The molecule has 6 aromatic rings. The molecule has 0 amide bonds. The summed E-state index contributed by atoms with van der Waals surface area (Å²) in [6.07, 6.45) is 0.533. The lowest BCUT2D eigenvalue weighted by Crippen LogP contribution is -2.23. The molecule has 4 aromatic carbocycles. The Morgan fingerprint density at radius 1 is 0.537 bits per heavy atom. The second-order valence-electron chi connectivity index (χ2n) is 9.42. The van der Waals surface area contributed by atoms with Crippen molar-refractivity contribution in [2.45, 2.75) is 29.3 Å². The minimum absolute atomic E-state index is 0.183. The van der Waals surface area contributed by atoms with Crippen LogP contribution in [0.2, 0.25) is 0 Å². The molecule has 0 atom stereocenters. The summed E-state index contributed by atoms with van der Waals surface area (Å²) in [5.41, 5.74) is 8.86. The van der Waals surface area contributed by atoms with Crippen molar-refractivity contribution in [3.05, 3.63) is 118 Å². The van der Waals surface area contributed by atoms with E-state index in [4.69, 9.17) is 0 Å². The molecular weight excluding hydrogens is 597 g/mol. The molecular formula is C29H24N4O4S4. The van der Waals surface area contributed by atoms with Crippen LogP contribution in [0.25, 0.3) is 20.4 Å². The number of hydrogen-bond donors (Lipinski definition) is 2. The average Bonchev–Trinajstić information content (AvgIpc) is 3.65. The predicted molar refractivity (Wildman–Crippen MR) is 163 cm³/mol. The molecule has 41 heavy (non-hydrogen) atoms. The minimum Gasteiger partial charge on any atom is -0.245 e. The number of aromatic nitrogens is 2. The van der Waals surface area contributed by atoms with Gasteiger partial charge in [0.2, 0.25) is 20.0 Å². The van der Waals surface area contributed by atoms with E-state index in [1.807, 2.05) is 36.4 Å². The first kappa shape index (κ1) is 27.6. The monoisotopic (exact) mass is 620 g/mol. The Hall–Kier alpha value is -3.52. The molecule has 2 N–H and O–H groups in total. The van der Waals surface area contributed by atoms with Crippen LogP contribution in [0.15, 0.2) is 106 Å². The second-order valence-corrected chi connectivity index (χ2v) is 14.7. The number of sulfonamides is 2. The Labute approximate surface area is 245 Å². The lowest BCUT2D eigenvalue weighted by molar-refractivity contribution is 0.579. The Morgan fingerprint density at radius 3 is 1.34 bits per heavy atom. The average molecular weight is 621 g/mol. The number of hydrogen-bond acceptors (Lipinski definition) is 8. The van der Waals surface area contributed by atoms with Crippen LogP contribution < -0.4 is 9.44 Å². The maximum absolute atomic E-state index is 12.8. The third kappa shape index (κ3) is 6.38. The van der Waals surface area contributed by atoms with Crippen LogP contribution in [0.5, 0.6) is 0 Å². The number of thiazole rings is 2. The van der Waals surface area contributed by atoms with E-state index in [0.717, 1.165) is 42.7 Å². The molecule has 12 heteroatoms. The molecule has 8 nitrogen and oxygen atoms in total. The second kappa shape index (κ2) is 11.4. The third-order valence-corrected chi connectivity index (χ3v) is 11.0. The lowest BCUT2D eigenvalue weighted by atomic mass is 10.1. The van der Waals surface area contributed by atoms with Gasteiger partial charge in [-0.05, 0) is 77.2 Å². The van der Waals surface area contributed by atoms with Gasteiger partial charge in [-0.25, -0.2) is 36.2 Å². The standard InChI is InChI=1S/C29H24N4O4S4/c34-40(35,32-16-22-5-11-26-28(14-22)38-18-30-26)24-7-1-20(2-8-24)13-21-3-9-25(10-4-21)41(36,37)33-17-23-6-12-27-29(15-23)39-19-31-27/h1-12,14-15,18-19,32-33H,13,16-17H2. The molecule has 0 fully saturated rings. The van der Waals surface area contributed by atoms with Crippen molar-refractivity contribution >= 4 is 63.2 Å². The van der Waals surface area contributed by atoms with Crippen LogP contribution in [0.3, 0.4) is 0 Å². The van der Waals surface area contributed by atoms with Crippen molar-refractivity contribution in [1.82, 2.24) is 19.4 Å². The Balaban J connectivity index is 1.06. The van der Waals surface area contributed by atoms with Crippen molar-refractivity contribution in [3.8, 4) is 0 Å². The topological polar surface area (TPSA) is 118 Å². The molecule has 208 valence electrons. The summed E-state index contributed by atoms with van der Waals surface area (Å²) in [7, 11) is -7.36. The van der Waals surface area contributed by atoms with E-state index in [9.17, 15) is 16.8 Å². The van der Waals surface area contributed by atoms with Gasteiger partial charge < -0.3 is 0 Å². The van der Waals surface area contributed by atoms with E-state index in [1.54, 1.807) is 59.6 Å². The first-order chi connectivity index (χ1) is 19.7. The zero-order valence-electron chi connectivity index (χ0n) is 21.5. The highest BCUT2D eigenvalue weighted by molar-refractivity contribution is 7.89. The summed E-state index contributed by atoms with van der Waals surface area (Å²) in [6, 6.07) is 24.8. The van der Waals surface area contributed by atoms with Gasteiger partial charge in [-0.15, -0.1) is 22.7 Å². The van der Waals surface area contributed by atoms with Crippen molar-refractivity contribution in [3.63, 3.8) is 0 Å². The van der Waals surface area contributed by atoms with Crippen molar-refractivity contribution in [2.75, 3.05) is 0 Å². The lowest BCUT2D eigenvalue weighted by Gasteiger charge is -2.09. The van der Waals surface area contributed by atoms with Gasteiger partial charge in [0.25, 0.3) is 0 Å². The number of benzene rings is 4. The molecule has 0 saturated carbocycles. The molecule has 0 aliphatic rings. The van der Waals surface area contributed by atoms with Crippen molar-refractivity contribution in [2.24, 2.45) is 0 Å². The molecule has 6 rings (SSSR count). The highest BCUT2D eigenvalue weighted by Crippen LogP contribution is 2.22. The zero-order valence-corrected chi connectivity index (χ0v) is 24.8. The van der Waals surface area contributed by atoms with Gasteiger partial charge in [0.15, 0.2) is 0 Å². The van der Waals surface area contributed by atoms with Gasteiger partial charge in [0.1, 0.15) is 0 Å². The van der Waals surface area contributed by atoms with E-state index in [2.05, 4.69) is 19.4 Å². The molecule has 0 spiro atoms.